The Kier molecular flexibility index (Phi) is 5.67. The molecule has 1 aromatic heterocycles. The third-order valence-electron chi connectivity index (χ3n) is 4.52. The molecule has 0 atom stereocenters. The first-order valence-electron chi connectivity index (χ1n) is 9.35. The van der Waals surface area contributed by atoms with Crippen molar-refractivity contribution in [2.24, 2.45) is 0 Å². The lowest BCUT2D eigenvalue weighted by Crippen LogP contribution is -2.14. The van der Waals surface area contributed by atoms with Gasteiger partial charge < -0.3 is 14.8 Å². The second kappa shape index (κ2) is 8.53. The number of anilines is 1. The highest BCUT2D eigenvalue weighted by molar-refractivity contribution is 7.99. The Morgan fingerprint density at radius 3 is 2.55 bits per heavy atom. The van der Waals surface area contributed by atoms with Gasteiger partial charge in [0.25, 0.3) is 0 Å². The fourth-order valence-electron chi connectivity index (χ4n) is 2.89. The summed E-state index contributed by atoms with van der Waals surface area (Å²) in [6.07, 6.45) is 0. The fourth-order valence-corrected chi connectivity index (χ4v) is 3.51. The minimum atomic E-state index is -0.0751. The summed E-state index contributed by atoms with van der Waals surface area (Å²) in [4.78, 5) is 12.2. The molecule has 29 heavy (non-hydrogen) atoms. The number of carbonyl (C=O) groups is 1. The highest BCUT2D eigenvalue weighted by atomic mass is 32.2. The van der Waals surface area contributed by atoms with E-state index in [0.717, 1.165) is 22.7 Å². The van der Waals surface area contributed by atoms with Crippen molar-refractivity contribution < 1.29 is 14.3 Å². The van der Waals surface area contributed by atoms with Crippen molar-refractivity contribution in [3.8, 4) is 22.8 Å². The second-order valence-corrected chi connectivity index (χ2v) is 7.93. The van der Waals surface area contributed by atoms with Crippen LogP contribution in [0.5, 0.6) is 11.5 Å². The molecule has 2 heterocycles. The standard InChI is InChI=1S/C22H21N3O3S/c1-14(2)15-3-6-17(7-4-15)23-21(26)12-29-22-10-8-18(24-25-22)16-5-9-19-20(11-16)28-13-27-19/h3-11,14H,12-13H2,1-2H3,(H,23,26). The third kappa shape index (κ3) is 4.68. The van der Waals surface area contributed by atoms with Gasteiger partial charge in [0.2, 0.25) is 12.7 Å². The molecule has 1 aliphatic rings. The van der Waals surface area contributed by atoms with Gasteiger partial charge in [-0.15, -0.1) is 10.2 Å². The number of hydrogen-bond donors (Lipinski definition) is 1. The molecule has 1 N–H and O–H groups in total. The fraction of sp³-hybridized carbons (Fsp3) is 0.227. The number of thioether (sulfide) groups is 1. The molecule has 7 heteroatoms. The van der Waals surface area contributed by atoms with Gasteiger partial charge in [0.05, 0.1) is 11.4 Å². The van der Waals surface area contributed by atoms with Crippen LogP contribution < -0.4 is 14.8 Å². The van der Waals surface area contributed by atoms with Crippen LogP contribution >= 0.6 is 11.8 Å². The number of hydrogen-bond acceptors (Lipinski definition) is 6. The monoisotopic (exact) mass is 407 g/mol. The van der Waals surface area contributed by atoms with E-state index in [1.165, 1.54) is 17.3 Å². The molecule has 6 nitrogen and oxygen atoms in total. The molecule has 2 aromatic carbocycles. The minimum Gasteiger partial charge on any atom is -0.454 e. The number of aromatic nitrogens is 2. The van der Waals surface area contributed by atoms with E-state index in [9.17, 15) is 4.79 Å². The molecule has 4 rings (SSSR count). The Balaban J connectivity index is 1.32. The normalized spacial score (nSPS) is 12.2. The maximum Gasteiger partial charge on any atom is 0.234 e. The smallest absolute Gasteiger partial charge is 0.234 e. The molecular weight excluding hydrogens is 386 g/mol. The summed E-state index contributed by atoms with van der Waals surface area (Å²) in [5.41, 5.74) is 3.68. The number of carbonyl (C=O) groups excluding carboxylic acids is 1. The summed E-state index contributed by atoms with van der Waals surface area (Å²) < 4.78 is 10.7. The number of nitrogens with one attached hydrogen (secondary N) is 1. The molecule has 0 fully saturated rings. The number of rotatable bonds is 6. The Hall–Kier alpha value is -3.06. The molecule has 3 aromatic rings. The third-order valence-corrected chi connectivity index (χ3v) is 5.44. The number of fused-ring (bicyclic) bond motifs is 1. The van der Waals surface area contributed by atoms with Gasteiger partial charge in [-0.3, -0.25) is 4.79 Å². The maximum absolute atomic E-state index is 12.2. The highest BCUT2D eigenvalue weighted by Gasteiger charge is 2.14. The molecule has 0 saturated carbocycles. The van der Waals surface area contributed by atoms with Crippen LogP contribution in [-0.2, 0) is 4.79 Å². The van der Waals surface area contributed by atoms with Crippen LogP contribution in [-0.4, -0.2) is 28.7 Å². The first-order chi connectivity index (χ1) is 14.1. The molecule has 148 valence electrons. The van der Waals surface area contributed by atoms with E-state index in [-0.39, 0.29) is 18.5 Å². The Labute approximate surface area is 173 Å². The molecule has 0 bridgehead atoms. The van der Waals surface area contributed by atoms with E-state index in [2.05, 4.69) is 29.4 Å². The molecule has 0 spiro atoms. The molecule has 1 amide bonds. The van der Waals surface area contributed by atoms with Crippen LogP contribution in [0, 0.1) is 0 Å². The minimum absolute atomic E-state index is 0.0751. The molecule has 1 aliphatic heterocycles. The first-order valence-corrected chi connectivity index (χ1v) is 10.3. The van der Waals surface area contributed by atoms with Crippen LogP contribution in [0.4, 0.5) is 5.69 Å². The molecule has 0 unspecified atom stereocenters. The Morgan fingerprint density at radius 1 is 1.03 bits per heavy atom. The van der Waals surface area contributed by atoms with Crippen LogP contribution in [0.15, 0.2) is 59.6 Å². The Morgan fingerprint density at radius 2 is 1.83 bits per heavy atom. The van der Waals surface area contributed by atoms with Crippen molar-refractivity contribution in [2.75, 3.05) is 17.9 Å². The number of ether oxygens (including phenoxy) is 2. The van der Waals surface area contributed by atoms with Gasteiger partial charge in [0.15, 0.2) is 11.5 Å². The number of nitrogens with zero attached hydrogens (tertiary/aromatic N) is 2. The summed E-state index contributed by atoms with van der Waals surface area (Å²) in [6.45, 7) is 4.52. The number of amides is 1. The highest BCUT2D eigenvalue weighted by Crippen LogP contribution is 2.35. The average Bonchev–Trinajstić information content (AvgIpc) is 3.21. The van der Waals surface area contributed by atoms with Gasteiger partial charge in [-0.05, 0) is 53.9 Å². The largest absolute Gasteiger partial charge is 0.454 e. The van der Waals surface area contributed by atoms with Crippen LogP contribution in [0.25, 0.3) is 11.3 Å². The zero-order chi connectivity index (χ0) is 20.2. The van der Waals surface area contributed by atoms with Crippen molar-refractivity contribution in [2.45, 2.75) is 24.8 Å². The summed E-state index contributed by atoms with van der Waals surface area (Å²) >= 11 is 1.35. The summed E-state index contributed by atoms with van der Waals surface area (Å²) in [5.74, 6) is 2.10. The average molecular weight is 407 g/mol. The van der Waals surface area contributed by atoms with Crippen molar-refractivity contribution in [3.05, 3.63) is 60.2 Å². The van der Waals surface area contributed by atoms with E-state index in [0.29, 0.717) is 16.7 Å². The van der Waals surface area contributed by atoms with Gasteiger partial charge in [-0.1, -0.05) is 37.7 Å². The first kappa shape index (κ1) is 19.3. The van der Waals surface area contributed by atoms with Gasteiger partial charge >= 0.3 is 0 Å². The summed E-state index contributed by atoms with van der Waals surface area (Å²) in [7, 11) is 0. The van der Waals surface area contributed by atoms with E-state index in [4.69, 9.17) is 9.47 Å². The van der Waals surface area contributed by atoms with Crippen molar-refractivity contribution in [1.82, 2.24) is 10.2 Å². The van der Waals surface area contributed by atoms with Crippen molar-refractivity contribution >= 4 is 23.4 Å². The SMILES string of the molecule is CC(C)c1ccc(NC(=O)CSc2ccc(-c3ccc4c(c3)OCO4)nn2)cc1. The lowest BCUT2D eigenvalue weighted by Gasteiger charge is -2.08. The summed E-state index contributed by atoms with van der Waals surface area (Å²) in [5, 5.41) is 12.1. The lowest BCUT2D eigenvalue weighted by atomic mass is 10.0. The molecular formula is C22H21N3O3S. The van der Waals surface area contributed by atoms with Gasteiger partial charge in [0, 0.05) is 11.3 Å². The van der Waals surface area contributed by atoms with Gasteiger partial charge in [-0.25, -0.2) is 0 Å². The van der Waals surface area contributed by atoms with Crippen molar-refractivity contribution in [1.29, 1.82) is 0 Å². The number of benzene rings is 2. The lowest BCUT2D eigenvalue weighted by molar-refractivity contribution is -0.113. The van der Waals surface area contributed by atoms with E-state index < -0.39 is 0 Å². The maximum atomic E-state index is 12.2. The predicted octanol–water partition coefficient (Wildman–Crippen LogP) is 4.73. The summed E-state index contributed by atoms with van der Waals surface area (Å²) in [6, 6.07) is 17.3. The Bertz CT molecular complexity index is 1000. The van der Waals surface area contributed by atoms with E-state index in [1.54, 1.807) is 0 Å². The zero-order valence-corrected chi connectivity index (χ0v) is 17.0. The molecule has 0 radical (unpaired) electrons. The van der Waals surface area contributed by atoms with E-state index >= 15 is 0 Å². The van der Waals surface area contributed by atoms with E-state index in [1.807, 2.05) is 54.6 Å². The van der Waals surface area contributed by atoms with Crippen LogP contribution in [0.2, 0.25) is 0 Å². The van der Waals surface area contributed by atoms with Crippen molar-refractivity contribution in [3.63, 3.8) is 0 Å². The quantitative estimate of drug-likeness (QED) is 0.596. The topological polar surface area (TPSA) is 73.3 Å². The second-order valence-electron chi connectivity index (χ2n) is 6.94. The van der Waals surface area contributed by atoms with Crippen LogP contribution in [0.1, 0.15) is 25.3 Å². The molecule has 0 aliphatic carbocycles. The zero-order valence-electron chi connectivity index (χ0n) is 16.2. The molecule has 0 saturated heterocycles. The predicted molar refractivity (Wildman–Crippen MR) is 113 cm³/mol. The van der Waals surface area contributed by atoms with Crippen LogP contribution in [0.3, 0.4) is 0 Å². The van der Waals surface area contributed by atoms with Gasteiger partial charge in [0.1, 0.15) is 5.03 Å². The van der Waals surface area contributed by atoms with Gasteiger partial charge in [-0.2, -0.15) is 0 Å².